The zero-order chi connectivity index (χ0) is 56.3. The van der Waals surface area contributed by atoms with E-state index in [9.17, 15) is 19.4 Å². The highest BCUT2D eigenvalue weighted by molar-refractivity contribution is 7.45. The van der Waals surface area contributed by atoms with E-state index in [-0.39, 0.29) is 19.1 Å². The number of allylic oxidation sites excluding steroid dienone is 3. The maximum Gasteiger partial charge on any atom is 0.268 e. The van der Waals surface area contributed by atoms with Crippen molar-refractivity contribution >= 4 is 13.7 Å². The Hall–Kier alpha value is -1.02. The van der Waals surface area contributed by atoms with E-state index in [2.05, 4.69) is 31.3 Å². The molecule has 3 atom stereocenters. The Labute approximate surface area is 481 Å². The van der Waals surface area contributed by atoms with Crippen molar-refractivity contribution in [2.24, 2.45) is 0 Å². The predicted molar refractivity (Wildman–Crippen MR) is 335 cm³/mol. The van der Waals surface area contributed by atoms with Gasteiger partial charge in [-0.3, -0.25) is 9.36 Å². The zero-order valence-electron chi connectivity index (χ0n) is 52.4. The Morgan fingerprint density at radius 1 is 0.442 bits per heavy atom. The van der Waals surface area contributed by atoms with Crippen LogP contribution < -0.4 is 10.2 Å². The first-order valence-corrected chi connectivity index (χ1v) is 35.7. The molecule has 0 aromatic carbocycles. The van der Waals surface area contributed by atoms with Crippen molar-refractivity contribution in [3.8, 4) is 0 Å². The van der Waals surface area contributed by atoms with Gasteiger partial charge < -0.3 is 28.8 Å². The van der Waals surface area contributed by atoms with Crippen molar-refractivity contribution in [1.82, 2.24) is 5.32 Å². The molecule has 0 aliphatic heterocycles. The molecule has 0 saturated carbocycles. The van der Waals surface area contributed by atoms with E-state index in [0.29, 0.717) is 17.4 Å². The van der Waals surface area contributed by atoms with Crippen molar-refractivity contribution in [2.75, 3.05) is 40.9 Å². The van der Waals surface area contributed by atoms with Gasteiger partial charge in [-0.1, -0.05) is 340 Å². The minimum atomic E-state index is -4.61. The van der Waals surface area contributed by atoms with Crippen LogP contribution in [0.1, 0.15) is 354 Å². The summed E-state index contributed by atoms with van der Waals surface area (Å²) in [6.45, 7) is 4.69. The number of nitrogens with zero attached hydrogens (tertiary/aromatic N) is 1. The maximum atomic E-state index is 13.0. The predicted octanol–water partition coefficient (Wildman–Crippen LogP) is 20.9. The summed E-state index contributed by atoms with van der Waals surface area (Å²) in [5, 5.41) is 13.9. The highest BCUT2D eigenvalue weighted by atomic mass is 31.2. The van der Waals surface area contributed by atoms with Crippen molar-refractivity contribution in [3.05, 3.63) is 24.3 Å². The molecule has 0 radical (unpaired) electrons. The molecule has 0 heterocycles. The van der Waals surface area contributed by atoms with Crippen molar-refractivity contribution in [2.45, 2.75) is 366 Å². The number of rotatable bonds is 64. The fourth-order valence-corrected chi connectivity index (χ4v) is 11.3. The second kappa shape index (κ2) is 59.6. The fourth-order valence-electron chi connectivity index (χ4n) is 10.6. The number of carbonyl (C=O) groups is 1. The number of aliphatic hydroxyl groups excluding tert-OH is 1. The molecule has 0 saturated heterocycles. The van der Waals surface area contributed by atoms with E-state index in [4.69, 9.17) is 9.05 Å². The minimum Gasteiger partial charge on any atom is -0.756 e. The van der Waals surface area contributed by atoms with Gasteiger partial charge in [0.15, 0.2) is 0 Å². The molecule has 0 spiro atoms. The second-order valence-corrected chi connectivity index (χ2v) is 26.3. The molecule has 0 bridgehead atoms. The Morgan fingerprint density at radius 2 is 0.727 bits per heavy atom. The highest BCUT2D eigenvalue weighted by Crippen LogP contribution is 2.38. The van der Waals surface area contributed by atoms with Gasteiger partial charge in [0, 0.05) is 6.42 Å². The quantitative estimate of drug-likeness (QED) is 0.0272. The lowest BCUT2D eigenvalue weighted by atomic mass is 10.0. The average molecular weight is 1110 g/mol. The smallest absolute Gasteiger partial charge is 0.268 e. The summed E-state index contributed by atoms with van der Waals surface area (Å²) in [7, 11) is 1.26. The third-order valence-corrected chi connectivity index (χ3v) is 16.9. The summed E-state index contributed by atoms with van der Waals surface area (Å²) in [6.07, 6.45) is 77.3. The summed E-state index contributed by atoms with van der Waals surface area (Å²) in [6, 6.07) is -0.901. The lowest BCUT2D eigenvalue weighted by Crippen LogP contribution is -2.45. The van der Waals surface area contributed by atoms with E-state index in [1.165, 1.54) is 295 Å². The number of hydrogen-bond donors (Lipinski definition) is 2. The summed E-state index contributed by atoms with van der Waals surface area (Å²) < 4.78 is 23.4. The summed E-state index contributed by atoms with van der Waals surface area (Å²) >= 11 is 0. The van der Waals surface area contributed by atoms with Crippen LogP contribution >= 0.6 is 7.82 Å². The van der Waals surface area contributed by atoms with Crippen LogP contribution in [0.2, 0.25) is 0 Å². The van der Waals surface area contributed by atoms with E-state index in [1.807, 2.05) is 27.2 Å². The van der Waals surface area contributed by atoms with Crippen molar-refractivity contribution < 1.29 is 32.9 Å². The number of phosphoric ester groups is 1. The van der Waals surface area contributed by atoms with Gasteiger partial charge in [-0.15, -0.1) is 0 Å². The first-order valence-electron chi connectivity index (χ1n) is 34.2. The summed E-state index contributed by atoms with van der Waals surface area (Å²) in [4.78, 5) is 25.6. The molecule has 0 aromatic heterocycles. The number of phosphoric acid groups is 1. The standard InChI is InChI=1S/C68H135N2O6P/c1-6-8-10-12-14-16-18-20-22-24-26-28-30-32-33-34-35-36-38-39-41-43-45-47-49-51-53-55-57-59-61-67(71)66(65-76-77(73,74)75-64-63-70(3,4)5)69-68(72)62-60-58-56-54-52-50-48-46-44-42-40-37-31-29-27-25-23-21-19-17-15-13-11-9-7-2/h51,53,59,61,66-67,71H,6-50,52,54-58,60,62-65H2,1-5H3,(H-,69,72,73,74)/b53-51+,61-59+. The minimum absolute atomic E-state index is 0.00344. The Balaban J connectivity index is 4.09. The number of hydrogen-bond acceptors (Lipinski definition) is 6. The largest absolute Gasteiger partial charge is 0.756 e. The van der Waals surface area contributed by atoms with E-state index in [0.717, 1.165) is 38.5 Å². The summed E-state index contributed by atoms with van der Waals surface area (Å²) in [5.41, 5.74) is 0. The van der Waals surface area contributed by atoms with Crippen LogP contribution in [0.15, 0.2) is 24.3 Å². The topological polar surface area (TPSA) is 108 Å². The normalized spacial score (nSPS) is 13.8. The molecule has 3 unspecified atom stereocenters. The molecular formula is C68H135N2O6P. The van der Waals surface area contributed by atoms with Gasteiger partial charge in [-0.2, -0.15) is 0 Å². The van der Waals surface area contributed by atoms with Crippen LogP contribution in [0.25, 0.3) is 0 Å². The van der Waals surface area contributed by atoms with Crippen LogP contribution in [-0.2, 0) is 18.4 Å². The van der Waals surface area contributed by atoms with Gasteiger partial charge in [0.25, 0.3) is 7.82 Å². The molecule has 0 rings (SSSR count). The van der Waals surface area contributed by atoms with Crippen LogP contribution in [0.3, 0.4) is 0 Å². The molecule has 458 valence electrons. The Kier molecular flexibility index (Phi) is 58.8. The maximum absolute atomic E-state index is 13.0. The Morgan fingerprint density at radius 3 is 1.05 bits per heavy atom. The van der Waals surface area contributed by atoms with Gasteiger partial charge in [0.2, 0.25) is 5.91 Å². The van der Waals surface area contributed by atoms with Gasteiger partial charge in [-0.25, -0.2) is 0 Å². The molecule has 8 nitrogen and oxygen atoms in total. The molecule has 9 heteroatoms. The van der Waals surface area contributed by atoms with E-state index < -0.39 is 20.0 Å². The van der Waals surface area contributed by atoms with Crippen molar-refractivity contribution in [1.29, 1.82) is 0 Å². The number of nitrogens with one attached hydrogen (secondary N) is 1. The molecule has 2 N–H and O–H groups in total. The molecule has 0 fully saturated rings. The average Bonchev–Trinajstić information content (AvgIpc) is 3.39. The van der Waals surface area contributed by atoms with E-state index >= 15 is 0 Å². The van der Waals surface area contributed by atoms with Gasteiger partial charge in [0.05, 0.1) is 39.9 Å². The zero-order valence-corrected chi connectivity index (χ0v) is 53.3. The third-order valence-electron chi connectivity index (χ3n) is 15.9. The van der Waals surface area contributed by atoms with E-state index in [1.54, 1.807) is 6.08 Å². The van der Waals surface area contributed by atoms with Gasteiger partial charge in [-0.05, 0) is 32.1 Å². The van der Waals surface area contributed by atoms with Crippen molar-refractivity contribution in [3.63, 3.8) is 0 Å². The first-order chi connectivity index (χ1) is 37.5. The molecule has 77 heavy (non-hydrogen) atoms. The lowest BCUT2D eigenvalue weighted by Gasteiger charge is -2.29. The molecule has 0 aromatic rings. The SMILES string of the molecule is CCCCCCCCCCCCCCCCCCCCCCCCCC/C=C/CC/C=C/C(O)C(COP(=O)([O-])OCC[N+](C)(C)C)NC(=O)CCCCCCCCCCCCCCCCCCCCCCCCCCC. The van der Waals surface area contributed by atoms with Gasteiger partial charge >= 0.3 is 0 Å². The monoisotopic (exact) mass is 1110 g/mol. The lowest BCUT2D eigenvalue weighted by molar-refractivity contribution is -0.870. The molecular weight excluding hydrogens is 972 g/mol. The number of amides is 1. The first kappa shape index (κ1) is 76.0. The summed E-state index contributed by atoms with van der Waals surface area (Å²) in [5.74, 6) is -0.199. The number of likely N-dealkylation sites (N-methyl/N-ethyl adjacent to an activating group) is 1. The highest BCUT2D eigenvalue weighted by Gasteiger charge is 2.23. The number of aliphatic hydroxyl groups is 1. The van der Waals surface area contributed by atoms with Crippen LogP contribution in [0.4, 0.5) is 0 Å². The Bertz CT molecular complexity index is 1300. The molecule has 0 aliphatic rings. The fraction of sp³-hybridized carbons (Fsp3) is 0.926. The number of carbonyl (C=O) groups excluding carboxylic acids is 1. The number of unbranched alkanes of at least 4 members (excludes halogenated alkanes) is 49. The van der Waals surface area contributed by atoms with Crippen LogP contribution in [-0.4, -0.2) is 68.5 Å². The van der Waals surface area contributed by atoms with Gasteiger partial charge in [0.1, 0.15) is 13.2 Å². The third kappa shape index (κ3) is 62.4. The molecule has 0 aliphatic carbocycles. The second-order valence-electron chi connectivity index (χ2n) is 24.9. The van der Waals surface area contributed by atoms with Crippen LogP contribution in [0.5, 0.6) is 0 Å². The molecule has 1 amide bonds. The van der Waals surface area contributed by atoms with Crippen LogP contribution in [0, 0.1) is 0 Å². The number of quaternary nitrogens is 1.